The molecule has 1 aliphatic heterocycles. The number of hydrogen-bond acceptors (Lipinski definition) is 8. The number of carbonyl (C=O) groups excluding carboxylic acids is 2. The Hall–Kier alpha value is -4.02. The summed E-state index contributed by atoms with van der Waals surface area (Å²) in [7, 11) is 0. The van der Waals surface area contributed by atoms with Crippen molar-refractivity contribution in [1.29, 1.82) is 0 Å². The number of aliphatic carboxylic acids is 1. The van der Waals surface area contributed by atoms with Gasteiger partial charge in [-0.15, -0.1) is 0 Å². The van der Waals surface area contributed by atoms with Crippen molar-refractivity contribution in [3.63, 3.8) is 0 Å². The summed E-state index contributed by atoms with van der Waals surface area (Å²) in [6, 6.07) is 5.55. The number of carbonyl (C=O) groups is 3. The zero-order valence-corrected chi connectivity index (χ0v) is 20.3. The van der Waals surface area contributed by atoms with Gasteiger partial charge in [0.1, 0.15) is 29.7 Å². The monoisotopic (exact) mass is 504 g/mol. The molecule has 7 rings (SSSR count). The molecule has 192 valence electrons. The van der Waals surface area contributed by atoms with Gasteiger partial charge in [0.25, 0.3) is 5.91 Å². The lowest BCUT2D eigenvalue weighted by atomic mass is 9.53. The number of rotatable bonds is 7. The molecular formula is C26H28N6O5. The number of amides is 1. The predicted octanol–water partition coefficient (Wildman–Crippen LogP) is 2.62. The van der Waals surface area contributed by atoms with Crippen LogP contribution in [0, 0.1) is 10.8 Å². The number of benzene rings is 1. The number of H-pyrrole nitrogens is 1. The Morgan fingerprint density at radius 1 is 1.11 bits per heavy atom. The van der Waals surface area contributed by atoms with E-state index >= 15 is 0 Å². The van der Waals surface area contributed by atoms with Crippen molar-refractivity contribution in [2.24, 2.45) is 10.8 Å². The van der Waals surface area contributed by atoms with Crippen LogP contribution >= 0.6 is 0 Å². The molecule has 3 fully saturated rings. The van der Waals surface area contributed by atoms with Crippen LogP contribution in [-0.2, 0) is 22.6 Å². The number of carboxylic acids is 1. The first kappa shape index (κ1) is 23.4. The maximum Gasteiger partial charge on any atom is 0.309 e. The van der Waals surface area contributed by atoms with Gasteiger partial charge in [0.05, 0.1) is 5.41 Å². The Morgan fingerprint density at radius 2 is 1.89 bits per heavy atom. The lowest BCUT2D eigenvalue weighted by Crippen LogP contribution is -2.48. The lowest BCUT2D eigenvalue weighted by Gasteiger charge is -2.51. The van der Waals surface area contributed by atoms with Crippen LogP contribution in [0.15, 0.2) is 24.5 Å². The van der Waals surface area contributed by atoms with E-state index < -0.39 is 11.4 Å². The third-order valence-corrected chi connectivity index (χ3v) is 8.41. The zero-order valence-electron chi connectivity index (χ0n) is 20.3. The smallest absolute Gasteiger partial charge is 0.309 e. The first-order valence-electron chi connectivity index (χ1n) is 12.6. The molecule has 0 unspecified atom stereocenters. The van der Waals surface area contributed by atoms with Crippen molar-refractivity contribution < 1.29 is 24.2 Å². The Morgan fingerprint density at radius 3 is 2.65 bits per heavy atom. The summed E-state index contributed by atoms with van der Waals surface area (Å²) in [6.45, 7) is 1.05. The molecule has 2 aromatic heterocycles. The number of aromatic nitrogens is 4. The fourth-order valence-corrected chi connectivity index (χ4v) is 5.96. The Bertz CT molecular complexity index is 1390. The molecule has 0 radical (unpaired) electrons. The molecule has 1 amide bonds. The molecular weight excluding hydrogens is 476 g/mol. The SMILES string of the molecule is O=C1COc2ccc(CNC(=O)c3ncnc4c(NCC56CCC(C(=O)O)(CC5)CC6)n[nH]c34)cc2C1. The van der Waals surface area contributed by atoms with E-state index in [0.29, 0.717) is 54.8 Å². The van der Waals surface area contributed by atoms with Crippen LogP contribution in [0.25, 0.3) is 11.0 Å². The van der Waals surface area contributed by atoms with Gasteiger partial charge in [0.2, 0.25) is 0 Å². The number of ketones is 1. The number of aromatic amines is 1. The first-order chi connectivity index (χ1) is 17.9. The highest BCUT2D eigenvalue weighted by Crippen LogP contribution is 2.56. The molecule has 0 saturated heterocycles. The van der Waals surface area contributed by atoms with Gasteiger partial charge in [-0.2, -0.15) is 5.10 Å². The average Bonchev–Trinajstić information content (AvgIpc) is 3.34. The molecule has 1 aromatic carbocycles. The minimum absolute atomic E-state index is 0.0284. The van der Waals surface area contributed by atoms with Crippen molar-refractivity contribution in [2.75, 3.05) is 18.5 Å². The second-order valence-corrected chi connectivity index (χ2v) is 10.6. The fourth-order valence-electron chi connectivity index (χ4n) is 5.96. The number of nitrogens with one attached hydrogen (secondary N) is 3. The van der Waals surface area contributed by atoms with Gasteiger partial charge in [0, 0.05) is 25.1 Å². The maximum absolute atomic E-state index is 13.0. The van der Waals surface area contributed by atoms with E-state index in [1.165, 1.54) is 6.33 Å². The number of carboxylic acid groups (broad SMARTS) is 1. The van der Waals surface area contributed by atoms with E-state index in [9.17, 15) is 19.5 Å². The summed E-state index contributed by atoms with van der Waals surface area (Å²) < 4.78 is 5.43. The number of hydrogen-bond donors (Lipinski definition) is 4. The highest BCUT2D eigenvalue weighted by atomic mass is 16.5. The van der Waals surface area contributed by atoms with Gasteiger partial charge in [-0.05, 0) is 61.6 Å². The summed E-state index contributed by atoms with van der Waals surface area (Å²) >= 11 is 0. The molecule has 3 aromatic rings. The summed E-state index contributed by atoms with van der Waals surface area (Å²) in [6.07, 6.45) is 6.44. The van der Waals surface area contributed by atoms with Crippen molar-refractivity contribution >= 4 is 34.5 Å². The largest absolute Gasteiger partial charge is 0.486 e. The highest BCUT2D eigenvalue weighted by Gasteiger charge is 2.52. The van der Waals surface area contributed by atoms with E-state index in [-0.39, 0.29) is 36.0 Å². The van der Waals surface area contributed by atoms with Gasteiger partial charge in [0.15, 0.2) is 17.3 Å². The van der Waals surface area contributed by atoms with Crippen molar-refractivity contribution in [3.8, 4) is 5.75 Å². The van der Waals surface area contributed by atoms with E-state index in [2.05, 4.69) is 30.8 Å². The molecule has 11 heteroatoms. The normalized spacial score (nSPS) is 24.4. The second kappa shape index (κ2) is 8.82. The minimum Gasteiger partial charge on any atom is -0.486 e. The molecule has 3 heterocycles. The molecule has 3 saturated carbocycles. The van der Waals surface area contributed by atoms with Crippen LogP contribution in [0.1, 0.15) is 60.1 Å². The van der Waals surface area contributed by atoms with Crippen LogP contribution in [0.4, 0.5) is 5.82 Å². The summed E-state index contributed by atoms with van der Waals surface area (Å²) in [5.41, 5.74) is 2.37. The number of nitrogens with zero attached hydrogens (tertiary/aromatic N) is 3. The topological polar surface area (TPSA) is 159 Å². The van der Waals surface area contributed by atoms with Crippen LogP contribution in [0.3, 0.4) is 0 Å². The quantitative estimate of drug-likeness (QED) is 0.379. The second-order valence-electron chi connectivity index (χ2n) is 10.6. The maximum atomic E-state index is 13.0. The van der Waals surface area contributed by atoms with Crippen molar-refractivity contribution in [1.82, 2.24) is 25.5 Å². The zero-order chi connectivity index (χ0) is 25.6. The molecule has 4 aliphatic rings. The molecule has 4 N–H and O–H groups in total. The van der Waals surface area contributed by atoms with Crippen molar-refractivity contribution in [2.45, 2.75) is 51.5 Å². The molecule has 11 nitrogen and oxygen atoms in total. The fraction of sp³-hybridized carbons (Fsp3) is 0.462. The van der Waals surface area contributed by atoms with Crippen LogP contribution in [0.2, 0.25) is 0 Å². The van der Waals surface area contributed by atoms with Crippen molar-refractivity contribution in [3.05, 3.63) is 41.3 Å². The molecule has 2 bridgehead atoms. The number of anilines is 1. The van der Waals surface area contributed by atoms with E-state index in [4.69, 9.17) is 4.74 Å². The number of fused-ring (bicyclic) bond motifs is 5. The summed E-state index contributed by atoms with van der Waals surface area (Å²) in [4.78, 5) is 44.9. The van der Waals surface area contributed by atoms with E-state index in [0.717, 1.165) is 30.4 Å². The molecule has 37 heavy (non-hydrogen) atoms. The molecule has 0 spiro atoms. The van der Waals surface area contributed by atoms with Gasteiger partial charge in [-0.3, -0.25) is 19.5 Å². The number of Topliss-reactive ketones (excluding diaryl/α,β-unsaturated/α-hetero) is 1. The predicted molar refractivity (Wildman–Crippen MR) is 132 cm³/mol. The Balaban J connectivity index is 1.12. The third-order valence-electron chi connectivity index (χ3n) is 8.41. The lowest BCUT2D eigenvalue weighted by molar-refractivity contribution is -0.158. The van der Waals surface area contributed by atoms with E-state index in [1.807, 2.05) is 18.2 Å². The molecule has 3 aliphatic carbocycles. The third kappa shape index (κ3) is 4.17. The highest BCUT2D eigenvalue weighted by molar-refractivity contribution is 6.04. The van der Waals surface area contributed by atoms with Gasteiger partial charge < -0.3 is 20.5 Å². The van der Waals surface area contributed by atoms with Gasteiger partial charge >= 0.3 is 5.97 Å². The van der Waals surface area contributed by atoms with Gasteiger partial charge in [-0.25, -0.2) is 9.97 Å². The van der Waals surface area contributed by atoms with E-state index in [1.54, 1.807) is 0 Å². The standard InChI is InChI=1S/C26H28N6O5/c33-17-10-16-9-15(1-2-18(16)37-12-17)11-27-23(34)21-19-20(29-14-30-21)22(32-31-19)28-13-25-3-6-26(7-4-25,8-5-25)24(35)36/h1-2,9,14H,3-8,10-13H2,(H,27,34)(H,35,36)(H2,28,31,32). The average molecular weight is 505 g/mol. The Labute approximate surface area is 212 Å². The van der Waals surface area contributed by atoms with Crippen LogP contribution < -0.4 is 15.4 Å². The summed E-state index contributed by atoms with van der Waals surface area (Å²) in [5, 5.41) is 23.2. The Kier molecular flexibility index (Phi) is 5.58. The van der Waals surface area contributed by atoms with Gasteiger partial charge in [-0.1, -0.05) is 6.07 Å². The minimum atomic E-state index is -0.662. The van der Waals surface area contributed by atoms with Crippen LogP contribution in [0.5, 0.6) is 5.75 Å². The van der Waals surface area contributed by atoms with Crippen LogP contribution in [-0.4, -0.2) is 56.1 Å². The first-order valence-corrected chi connectivity index (χ1v) is 12.6. The number of ether oxygens (including phenoxy) is 1. The molecule has 0 atom stereocenters. The summed E-state index contributed by atoms with van der Waals surface area (Å²) in [5.74, 6) is 0.259.